The molecule has 0 aliphatic heterocycles. The Bertz CT molecular complexity index is 569. The van der Waals surface area contributed by atoms with Crippen LogP contribution in [-0.4, -0.2) is 22.4 Å². The van der Waals surface area contributed by atoms with Crippen LogP contribution in [0.25, 0.3) is 0 Å². The van der Waals surface area contributed by atoms with Crippen LogP contribution in [0, 0.1) is 0 Å². The van der Waals surface area contributed by atoms with Crippen LogP contribution in [0.15, 0.2) is 55.3 Å². The van der Waals surface area contributed by atoms with Gasteiger partial charge in [0.1, 0.15) is 5.69 Å². The molecule has 0 aliphatic rings. The lowest BCUT2D eigenvalue weighted by molar-refractivity contribution is 0.102. The first-order valence-electron chi connectivity index (χ1n) is 5.84. The minimum absolute atomic E-state index is 0.268. The zero-order valence-electron chi connectivity index (χ0n) is 10.3. The van der Waals surface area contributed by atoms with E-state index in [1.54, 1.807) is 18.3 Å². The van der Waals surface area contributed by atoms with Gasteiger partial charge in [0.25, 0.3) is 5.91 Å². The normalized spacial score (nSPS) is 9.68. The molecule has 5 nitrogen and oxygen atoms in total. The predicted octanol–water partition coefficient (Wildman–Crippen LogP) is 2.33. The molecule has 2 N–H and O–H groups in total. The van der Waals surface area contributed by atoms with Crippen LogP contribution in [0.3, 0.4) is 0 Å². The van der Waals surface area contributed by atoms with Crippen LogP contribution in [0.5, 0.6) is 0 Å². The number of nitrogens with zero attached hydrogens (tertiary/aromatic N) is 2. The Labute approximate surface area is 111 Å². The number of aromatic nitrogens is 2. The highest BCUT2D eigenvalue weighted by Crippen LogP contribution is 2.08. The van der Waals surface area contributed by atoms with Gasteiger partial charge in [-0.2, -0.15) is 0 Å². The maximum Gasteiger partial charge on any atom is 0.274 e. The monoisotopic (exact) mass is 254 g/mol. The molecule has 1 heterocycles. The van der Waals surface area contributed by atoms with Crippen LogP contribution < -0.4 is 10.6 Å². The number of benzene rings is 1. The van der Waals surface area contributed by atoms with Gasteiger partial charge in [0.2, 0.25) is 5.95 Å². The minimum Gasteiger partial charge on any atom is -0.351 e. The summed E-state index contributed by atoms with van der Waals surface area (Å²) in [5, 5.41) is 5.70. The largest absolute Gasteiger partial charge is 0.351 e. The standard InChI is InChI=1S/C14H14N4O/c1-2-9-15-14-16-10-8-12(18-14)13(19)17-11-6-4-3-5-7-11/h2-8,10H,1,9H2,(H,17,19)(H,15,16,18). The molecule has 2 aromatic rings. The number of hydrogen-bond donors (Lipinski definition) is 2. The van der Waals surface area contributed by atoms with Crippen LogP contribution in [0.1, 0.15) is 10.5 Å². The highest BCUT2D eigenvalue weighted by atomic mass is 16.1. The second-order valence-corrected chi connectivity index (χ2v) is 3.76. The number of amides is 1. The van der Waals surface area contributed by atoms with Crippen LogP contribution in [0.4, 0.5) is 11.6 Å². The number of carbonyl (C=O) groups excluding carboxylic acids is 1. The van der Waals surface area contributed by atoms with E-state index < -0.39 is 0 Å². The van der Waals surface area contributed by atoms with Crippen molar-refractivity contribution in [1.82, 2.24) is 9.97 Å². The maximum absolute atomic E-state index is 12.0. The number of para-hydroxylation sites is 1. The van der Waals surface area contributed by atoms with Crippen molar-refractivity contribution in [3.63, 3.8) is 0 Å². The molecule has 1 aromatic heterocycles. The third kappa shape index (κ3) is 3.64. The van der Waals surface area contributed by atoms with Gasteiger partial charge in [-0.25, -0.2) is 9.97 Å². The Hall–Kier alpha value is -2.69. The van der Waals surface area contributed by atoms with Crippen LogP contribution in [-0.2, 0) is 0 Å². The van der Waals surface area contributed by atoms with Crippen molar-refractivity contribution in [2.45, 2.75) is 0 Å². The third-order valence-corrected chi connectivity index (χ3v) is 2.32. The molecule has 0 spiro atoms. The number of carbonyl (C=O) groups is 1. The summed E-state index contributed by atoms with van der Waals surface area (Å²) in [6.07, 6.45) is 3.23. The average Bonchev–Trinajstić information content (AvgIpc) is 2.46. The molecule has 0 saturated heterocycles. The lowest BCUT2D eigenvalue weighted by Gasteiger charge is -2.06. The molecule has 0 bridgehead atoms. The Morgan fingerprint density at radius 3 is 2.79 bits per heavy atom. The zero-order valence-corrected chi connectivity index (χ0v) is 10.3. The smallest absolute Gasteiger partial charge is 0.274 e. The van der Waals surface area contributed by atoms with Crippen molar-refractivity contribution >= 4 is 17.5 Å². The molecule has 0 atom stereocenters. The molecule has 96 valence electrons. The number of anilines is 2. The summed E-state index contributed by atoms with van der Waals surface area (Å²) >= 11 is 0. The summed E-state index contributed by atoms with van der Waals surface area (Å²) in [7, 11) is 0. The Kier molecular flexibility index (Phi) is 4.23. The van der Waals surface area contributed by atoms with Gasteiger partial charge >= 0.3 is 0 Å². The maximum atomic E-state index is 12.0. The van der Waals surface area contributed by atoms with E-state index >= 15 is 0 Å². The van der Waals surface area contributed by atoms with Gasteiger partial charge in [-0.15, -0.1) is 6.58 Å². The van der Waals surface area contributed by atoms with Crippen LogP contribution >= 0.6 is 0 Å². The Morgan fingerprint density at radius 2 is 2.05 bits per heavy atom. The Balaban J connectivity index is 2.08. The average molecular weight is 254 g/mol. The van der Waals surface area contributed by atoms with E-state index in [0.717, 1.165) is 5.69 Å². The predicted molar refractivity (Wildman–Crippen MR) is 75.1 cm³/mol. The highest BCUT2D eigenvalue weighted by Gasteiger charge is 2.08. The van der Waals surface area contributed by atoms with Crippen LogP contribution in [0.2, 0.25) is 0 Å². The molecule has 1 aromatic carbocycles. The summed E-state index contributed by atoms with van der Waals surface area (Å²) in [5.41, 5.74) is 1.04. The molecule has 0 saturated carbocycles. The highest BCUT2D eigenvalue weighted by molar-refractivity contribution is 6.02. The lowest BCUT2D eigenvalue weighted by atomic mass is 10.3. The van der Waals surface area contributed by atoms with Gasteiger partial charge in [-0.05, 0) is 18.2 Å². The minimum atomic E-state index is -0.268. The van der Waals surface area contributed by atoms with E-state index in [9.17, 15) is 4.79 Å². The summed E-state index contributed by atoms with van der Waals surface area (Å²) < 4.78 is 0. The van der Waals surface area contributed by atoms with Gasteiger partial charge in [0.15, 0.2) is 0 Å². The summed E-state index contributed by atoms with van der Waals surface area (Å²) in [5.74, 6) is 0.135. The topological polar surface area (TPSA) is 66.9 Å². The van der Waals surface area contributed by atoms with E-state index in [-0.39, 0.29) is 5.91 Å². The lowest BCUT2D eigenvalue weighted by Crippen LogP contribution is -2.15. The first kappa shape index (κ1) is 12.8. The van der Waals surface area contributed by atoms with E-state index in [0.29, 0.717) is 18.2 Å². The summed E-state index contributed by atoms with van der Waals surface area (Å²) in [6.45, 7) is 4.14. The number of hydrogen-bond acceptors (Lipinski definition) is 4. The molecule has 1 amide bonds. The summed E-state index contributed by atoms with van der Waals surface area (Å²) in [6, 6.07) is 10.8. The third-order valence-electron chi connectivity index (χ3n) is 2.32. The molecular weight excluding hydrogens is 240 g/mol. The first-order valence-corrected chi connectivity index (χ1v) is 5.84. The van der Waals surface area contributed by atoms with Gasteiger partial charge in [0, 0.05) is 18.4 Å². The molecule has 0 aliphatic carbocycles. The molecule has 5 heteroatoms. The molecule has 19 heavy (non-hydrogen) atoms. The van der Waals surface area contributed by atoms with Crippen molar-refractivity contribution < 1.29 is 4.79 Å². The molecule has 0 unspecified atom stereocenters. The van der Waals surface area contributed by atoms with E-state index in [1.807, 2.05) is 30.3 Å². The molecule has 0 fully saturated rings. The van der Waals surface area contributed by atoms with Gasteiger partial charge < -0.3 is 10.6 Å². The SMILES string of the molecule is C=CCNc1nccc(C(=O)Nc2ccccc2)n1. The van der Waals surface area contributed by atoms with Crippen molar-refractivity contribution in [2.24, 2.45) is 0 Å². The van der Waals surface area contributed by atoms with Crippen molar-refractivity contribution in [3.05, 3.63) is 60.9 Å². The molecule has 0 radical (unpaired) electrons. The number of nitrogens with one attached hydrogen (secondary N) is 2. The van der Waals surface area contributed by atoms with E-state index in [1.165, 1.54) is 0 Å². The second-order valence-electron chi connectivity index (χ2n) is 3.76. The van der Waals surface area contributed by atoms with Crippen molar-refractivity contribution in [3.8, 4) is 0 Å². The van der Waals surface area contributed by atoms with Gasteiger partial charge in [0.05, 0.1) is 0 Å². The fraction of sp³-hybridized carbons (Fsp3) is 0.0714. The first-order chi connectivity index (χ1) is 9.29. The number of rotatable bonds is 5. The Morgan fingerprint density at radius 1 is 1.26 bits per heavy atom. The summed E-state index contributed by atoms with van der Waals surface area (Å²) in [4.78, 5) is 20.1. The van der Waals surface area contributed by atoms with E-state index in [4.69, 9.17) is 0 Å². The van der Waals surface area contributed by atoms with Crippen molar-refractivity contribution in [2.75, 3.05) is 17.2 Å². The van der Waals surface area contributed by atoms with Crippen molar-refractivity contribution in [1.29, 1.82) is 0 Å². The second kappa shape index (κ2) is 6.30. The van der Waals surface area contributed by atoms with Gasteiger partial charge in [-0.1, -0.05) is 24.3 Å². The fourth-order valence-electron chi connectivity index (χ4n) is 1.45. The molecule has 2 rings (SSSR count). The quantitative estimate of drug-likeness (QED) is 0.804. The van der Waals surface area contributed by atoms with E-state index in [2.05, 4.69) is 27.2 Å². The van der Waals surface area contributed by atoms with Gasteiger partial charge in [-0.3, -0.25) is 4.79 Å². The molecular formula is C14H14N4O. The zero-order chi connectivity index (χ0) is 13.5. The fourth-order valence-corrected chi connectivity index (χ4v) is 1.45.